The maximum Gasteiger partial charge on any atom is 0.233 e. The number of nitrogens with zero attached hydrogens (tertiary/aromatic N) is 1. The lowest BCUT2D eigenvalue weighted by atomic mass is 9.85. The highest BCUT2D eigenvalue weighted by Gasteiger charge is 2.46. The van der Waals surface area contributed by atoms with Gasteiger partial charge in [-0.2, -0.15) is 0 Å². The number of anilines is 1. The number of carbonyl (C=O) groups excluding carboxylic acids is 3. The Morgan fingerprint density at radius 1 is 1.08 bits per heavy atom. The summed E-state index contributed by atoms with van der Waals surface area (Å²) in [5.74, 6) is -0.852. The predicted molar refractivity (Wildman–Crippen MR) is 96.4 cm³/mol. The zero-order valence-electron chi connectivity index (χ0n) is 13.5. The largest absolute Gasteiger partial charge is 0.326 e. The summed E-state index contributed by atoms with van der Waals surface area (Å²) in [4.78, 5) is 38.0. The van der Waals surface area contributed by atoms with Gasteiger partial charge in [-0.3, -0.25) is 19.3 Å². The fourth-order valence-corrected chi connectivity index (χ4v) is 3.58. The molecule has 3 rings (SSSR count). The molecule has 25 heavy (non-hydrogen) atoms. The van der Waals surface area contributed by atoms with Gasteiger partial charge in [0.25, 0.3) is 0 Å². The third kappa shape index (κ3) is 3.88. The van der Waals surface area contributed by atoms with Crippen molar-refractivity contribution >= 4 is 46.6 Å². The molecule has 3 amide bonds. The third-order valence-corrected chi connectivity index (χ3v) is 5.33. The minimum absolute atomic E-state index is 0.107. The second kappa shape index (κ2) is 7.58. The molecule has 2 atom stereocenters. The minimum Gasteiger partial charge on any atom is -0.326 e. The molecule has 2 aliphatic rings. The molecule has 0 aromatic heterocycles. The molecule has 0 unspecified atom stereocenters. The minimum atomic E-state index is -0.220. The fraction of sp³-hybridized carbons (Fsp3) is 0.389. The van der Waals surface area contributed by atoms with Gasteiger partial charge in [0.1, 0.15) is 0 Å². The van der Waals surface area contributed by atoms with E-state index in [-0.39, 0.29) is 42.5 Å². The van der Waals surface area contributed by atoms with Crippen molar-refractivity contribution in [2.24, 2.45) is 11.8 Å². The van der Waals surface area contributed by atoms with E-state index in [0.29, 0.717) is 35.0 Å². The van der Waals surface area contributed by atoms with Crippen molar-refractivity contribution in [1.82, 2.24) is 4.90 Å². The molecule has 0 spiro atoms. The first-order valence-corrected chi connectivity index (χ1v) is 8.98. The van der Waals surface area contributed by atoms with Gasteiger partial charge in [0, 0.05) is 18.7 Å². The summed E-state index contributed by atoms with van der Waals surface area (Å²) < 4.78 is 0. The molecule has 0 bridgehead atoms. The Labute approximate surface area is 156 Å². The van der Waals surface area contributed by atoms with Crippen LogP contribution in [0.3, 0.4) is 0 Å². The van der Waals surface area contributed by atoms with Crippen LogP contribution in [0, 0.1) is 11.8 Å². The van der Waals surface area contributed by atoms with Gasteiger partial charge in [-0.1, -0.05) is 35.4 Å². The second-order valence-electron chi connectivity index (χ2n) is 6.26. The van der Waals surface area contributed by atoms with Gasteiger partial charge in [0.05, 0.1) is 21.9 Å². The van der Waals surface area contributed by atoms with Gasteiger partial charge in [0.2, 0.25) is 17.7 Å². The Kier molecular flexibility index (Phi) is 5.45. The highest BCUT2D eigenvalue weighted by Crippen LogP contribution is 2.35. The van der Waals surface area contributed by atoms with Crippen LogP contribution in [0.4, 0.5) is 5.69 Å². The summed E-state index contributed by atoms with van der Waals surface area (Å²) in [6.45, 7) is 0.277. The molecule has 1 heterocycles. The van der Waals surface area contributed by atoms with Gasteiger partial charge in [0.15, 0.2) is 0 Å². The maximum atomic E-state index is 12.3. The lowest BCUT2D eigenvalue weighted by Gasteiger charge is -2.14. The monoisotopic (exact) mass is 380 g/mol. The second-order valence-corrected chi connectivity index (χ2v) is 7.08. The molecule has 1 aliphatic carbocycles. The number of hydrogen-bond acceptors (Lipinski definition) is 3. The van der Waals surface area contributed by atoms with E-state index in [0.717, 1.165) is 0 Å². The van der Waals surface area contributed by atoms with Crippen LogP contribution in [0.5, 0.6) is 0 Å². The van der Waals surface area contributed by atoms with Crippen molar-refractivity contribution in [1.29, 1.82) is 0 Å². The Balaban J connectivity index is 1.49. The van der Waals surface area contributed by atoms with Gasteiger partial charge >= 0.3 is 0 Å². The molecule has 5 nitrogen and oxygen atoms in total. The number of likely N-dealkylation sites (tertiary alicyclic amines) is 1. The van der Waals surface area contributed by atoms with Gasteiger partial charge in [-0.05, 0) is 37.5 Å². The number of benzene rings is 1. The Morgan fingerprint density at radius 3 is 2.32 bits per heavy atom. The molecular weight excluding hydrogens is 363 g/mol. The van der Waals surface area contributed by atoms with Gasteiger partial charge in [-0.15, -0.1) is 0 Å². The zero-order chi connectivity index (χ0) is 18.0. The van der Waals surface area contributed by atoms with E-state index in [1.165, 1.54) is 4.90 Å². The fourth-order valence-electron chi connectivity index (χ4n) is 3.28. The topological polar surface area (TPSA) is 66.5 Å². The van der Waals surface area contributed by atoms with E-state index in [2.05, 4.69) is 5.32 Å². The van der Waals surface area contributed by atoms with E-state index in [4.69, 9.17) is 23.2 Å². The Hall–Kier alpha value is -1.85. The lowest BCUT2D eigenvalue weighted by molar-refractivity contribution is -0.140. The van der Waals surface area contributed by atoms with Crippen molar-refractivity contribution in [3.8, 4) is 0 Å². The number of amides is 3. The number of nitrogens with one attached hydrogen (secondary N) is 1. The van der Waals surface area contributed by atoms with Gasteiger partial charge < -0.3 is 5.32 Å². The summed E-state index contributed by atoms with van der Waals surface area (Å²) in [6, 6.07) is 4.85. The standard InChI is InChI=1S/C18H18Cl2N2O3/c19-14-8-7-11(10-15(14)20)21-16(23)6-3-9-22-17(24)12-4-1-2-5-13(12)18(22)25/h1-2,7-8,10,12-13H,3-6,9H2,(H,21,23)/t12-,13-/m1/s1. The quantitative estimate of drug-likeness (QED) is 0.625. The van der Waals surface area contributed by atoms with E-state index in [1.54, 1.807) is 18.2 Å². The van der Waals surface area contributed by atoms with E-state index < -0.39 is 0 Å². The van der Waals surface area contributed by atoms with Crippen LogP contribution in [0.2, 0.25) is 10.0 Å². The number of fused-ring (bicyclic) bond motifs is 1. The van der Waals surface area contributed by atoms with Crippen molar-refractivity contribution in [2.45, 2.75) is 25.7 Å². The molecule has 7 heteroatoms. The van der Waals surface area contributed by atoms with Gasteiger partial charge in [-0.25, -0.2) is 0 Å². The number of imide groups is 1. The van der Waals surface area contributed by atoms with E-state index in [1.807, 2.05) is 12.2 Å². The molecular formula is C18H18Cl2N2O3. The summed E-state index contributed by atoms with van der Waals surface area (Å²) in [5, 5.41) is 3.51. The first kappa shape index (κ1) is 18.0. The van der Waals surface area contributed by atoms with Crippen LogP contribution in [0.25, 0.3) is 0 Å². The Morgan fingerprint density at radius 2 is 1.72 bits per heavy atom. The highest BCUT2D eigenvalue weighted by molar-refractivity contribution is 6.42. The summed E-state index contributed by atoms with van der Waals surface area (Å²) in [5.41, 5.74) is 0.560. The first-order valence-electron chi connectivity index (χ1n) is 8.22. The highest BCUT2D eigenvalue weighted by atomic mass is 35.5. The zero-order valence-corrected chi connectivity index (χ0v) is 15.0. The van der Waals surface area contributed by atoms with Crippen LogP contribution in [-0.2, 0) is 14.4 Å². The molecule has 1 aromatic rings. The lowest BCUT2D eigenvalue weighted by Crippen LogP contribution is -2.32. The molecule has 1 aromatic carbocycles. The van der Waals surface area contributed by atoms with Crippen molar-refractivity contribution in [3.63, 3.8) is 0 Å². The SMILES string of the molecule is O=C(CCCN1C(=O)[C@@H]2CC=CC[C@H]2C1=O)Nc1ccc(Cl)c(Cl)c1. The first-order chi connectivity index (χ1) is 12.0. The molecule has 132 valence electrons. The summed E-state index contributed by atoms with van der Waals surface area (Å²) in [6.07, 6.45) is 5.82. The van der Waals surface area contributed by atoms with Crippen molar-refractivity contribution in [3.05, 3.63) is 40.4 Å². The molecule has 1 saturated heterocycles. The molecule has 1 fully saturated rings. The summed E-state index contributed by atoms with van der Waals surface area (Å²) >= 11 is 11.7. The smallest absolute Gasteiger partial charge is 0.233 e. The summed E-state index contributed by atoms with van der Waals surface area (Å²) in [7, 11) is 0. The number of halogens is 2. The molecule has 1 N–H and O–H groups in total. The Bertz CT molecular complexity index is 722. The van der Waals surface area contributed by atoms with Crippen LogP contribution in [0.1, 0.15) is 25.7 Å². The average molecular weight is 381 g/mol. The van der Waals surface area contributed by atoms with Crippen LogP contribution in [0.15, 0.2) is 30.4 Å². The van der Waals surface area contributed by atoms with Crippen LogP contribution in [-0.4, -0.2) is 29.2 Å². The van der Waals surface area contributed by atoms with Crippen molar-refractivity contribution in [2.75, 3.05) is 11.9 Å². The molecule has 0 radical (unpaired) electrons. The maximum absolute atomic E-state index is 12.3. The van der Waals surface area contributed by atoms with E-state index >= 15 is 0 Å². The third-order valence-electron chi connectivity index (χ3n) is 4.59. The van der Waals surface area contributed by atoms with E-state index in [9.17, 15) is 14.4 Å². The molecule has 0 saturated carbocycles. The van der Waals surface area contributed by atoms with Crippen LogP contribution >= 0.6 is 23.2 Å². The number of rotatable bonds is 5. The number of carbonyl (C=O) groups is 3. The van der Waals surface area contributed by atoms with Crippen LogP contribution < -0.4 is 5.32 Å². The average Bonchev–Trinajstić information content (AvgIpc) is 2.83. The number of hydrogen-bond donors (Lipinski definition) is 1. The molecule has 1 aliphatic heterocycles. The number of allylic oxidation sites excluding steroid dienone is 2. The predicted octanol–water partition coefficient (Wildman–Crippen LogP) is 3.66. The van der Waals surface area contributed by atoms with Crippen molar-refractivity contribution < 1.29 is 14.4 Å². The normalized spacial score (nSPS) is 22.2.